The summed E-state index contributed by atoms with van der Waals surface area (Å²) in [5, 5.41) is -0.240. The van der Waals surface area contributed by atoms with E-state index in [0.717, 1.165) is 12.1 Å². The molecule has 2 N–H and O–H groups in total. The van der Waals surface area contributed by atoms with Crippen molar-refractivity contribution in [2.24, 2.45) is 0 Å². The third-order valence-electron chi connectivity index (χ3n) is 1.32. The maximum absolute atomic E-state index is 10.6. The van der Waals surface area contributed by atoms with Crippen LogP contribution >= 0.6 is 23.2 Å². The summed E-state index contributed by atoms with van der Waals surface area (Å²) in [6, 6.07) is 2.05. The van der Waals surface area contributed by atoms with Crippen molar-refractivity contribution in [3.8, 4) is 0 Å². The molecule has 0 saturated heterocycles. The summed E-state index contributed by atoms with van der Waals surface area (Å²) in [6.45, 7) is 0. The third-order valence-corrected chi connectivity index (χ3v) is 2.95. The largest absolute Gasteiger partial charge is 0.744 e. The molecule has 0 atom stereocenters. The number of nitrogen functional groups attached to an aromatic ring is 1. The van der Waals surface area contributed by atoms with Crippen molar-refractivity contribution in [3.63, 3.8) is 0 Å². The highest BCUT2D eigenvalue weighted by Crippen LogP contribution is 2.29. The molecular formula is C6H4Cl2NO3S-. The zero-order chi connectivity index (χ0) is 10.2. The van der Waals surface area contributed by atoms with Crippen molar-refractivity contribution < 1.29 is 13.0 Å². The Balaban J connectivity index is 3.50. The molecule has 0 aliphatic rings. The van der Waals surface area contributed by atoms with E-state index in [-0.39, 0.29) is 15.7 Å². The van der Waals surface area contributed by atoms with E-state index in [1.165, 1.54) is 0 Å². The Hall–Kier alpha value is -0.490. The molecule has 72 valence electrons. The Morgan fingerprint density at radius 3 is 2.23 bits per heavy atom. The van der Waals surface area contributed by atoms with E-state index in [2.05, 4.69) is 0 Å². The Kier molecular flexibility index (Phi) is 2.72. The number of halogens is 2. The fourth-order valence-electron chi connectivity index (χ4n) is 0.736. The van der Waals surface area contributed by atoms with Crippen molar-refractivity contribution >= 4 is 39.0 Å². The average Bonchev–Trinajstić information content (AvgIpc) is 1.94. The standard InChI is InChI=1S/C6H5Cl2NO3S/c7-3-2-6(13(10,11)12)4(8)1-5(3)9/h1-2H,9H2,(H,10,11,12)/p-1. The monoisotopic (exact) mass is 240 g/mol. The number of hydrogen-bond donors (Lipinski definition) is 1. The molecule has 0 saturated carbocycles. The minimum Gasteiger partial charge on any atom is -0.744 e. The molecule has 0 amide bonds. The van der Waals surface area contributed by atoms with E-state index in [1.54, 1.807) is 0 Å². The number of benzene rings is 1. The normalized spacial score (nSPS) is 11.6. The van der Waals surface area contributed by atoms with Gasteiger partial charge in [0.15, 0.2) is 0 Å². The van der Waals surface area contributed by atoms with Crippen molar-refractivity contribution in [1.29, 1.82) is 0 Å². The summed E-state index contributed by atoms with van der Waals surface area (Å²) in [5.41, 5.74) is 5.44. The van der Waals surface area contributed by atoms with Gasteiger partial charge in [0.05, 0.1) is 20.6 Å². The quantitative estimate of drug-likeness (QED) is 0.596. The Bertz CT molecular complexity index is 443. The molecule has 0 spiro atoms. The second-order valence-corrected chi connectivity index (χ2v) is 4.42. The topological polar surface area (TPSA) is 83.2 Å². The highest BCUT2D eigenvalue weighted by atomic mass is 35.5. The van der Waals surface area contributed by atoms with E-state index >= 15 is 0 Å². The van der Waals surface area contributed by atoms with Gasteiger partial charge in [-0.05, 0) is 12.1 Å². The Morgan fingerprint density at radius 1 is 1.23 bits per heavy atom. The number of nitrogens with two attached hydrogens (primary N) is 1. The minimum absolute atomic E-state index is 0.0150. The lowest BCUT2D eigenvalue weighted by atomic mass is 10.3. The minimum atomic E-state index is -4.59. The molecule has 1 aromatic carbocycles. The number of hydrogen-bond acceptors (Lipinski definition) is 4. The van der Waals surface area contributed by atoms with Crippen LogP contribution in [0.3, 0.4) is 0 Å². The Morgan fingerprint density at radius 2 is 1.77 bits per heavy atom. The maximum Gasteiger partial charge on any atom is 0.125 e. The van der Waals surface area contributed by atoms with Gasteiger partial charge >= 0.3 is 0 Å². The van der Waals surface area contributed by atoms with Gasteiger partial charge in [-0.15, -0.1) is 0 Å². The van der Waals surface area contributed by atoms with Gasteiger partial charge in [0.25, 0.3) is 0 Å². The first-order valence-electron chi connectivity index (χ1n) is 3.03. The molecule has 0 aliphatic carbocycles. The van der Waals surface area contributed by atoms with Crippen molar-refractivity contribution in [1.82, 2.24) is 0 Å². The van der Waals surface area contributed by atoms with Crippen LogP contribution in [0.5, 0.6) is 0 Å². The third kappa shape index (κ3) is 2.25. The SMILES string of the molecule is Nc1cc(Cl)c(S(=O)(=O)[O-])cc1Cl. The van der Waals surface area contributed by atoms with Crippen LogP contribution in [0.15, 0.2) is 17.0 Å². The zero-order valence-electron chi connectivity index (χ0n) is 6.12. The second kappa shape index (κ2) is 3.34. The van der Waals surface area contributed by atoms with Crippen LogP contribution in [0.4, 0.5) is 5.69 Å². The summed E-state index contributed by atoms with van der Waals surface area (Å²) in [6.07, 6.45) is 0. The van der Waals surface area contributed by atoms with Crippen LogP contribution in [0, 0.1) is 0 Å². The highest BCUT2D eigenvalue weighted by Gasteiger charge is 2.10. The number of rotatable bonds is 1. The van der Waals surface area contributed by atoms with E-state index in [4.69, 9.17) is 28.9 Å². The highest BCUT2D eigenvalue weighted by molar-refractivity contribution is 7.85. The molecule has 0 unspecified atom stereocenters. The van der Waals surface area contributed by atoms with Gasteiger partial charge in [-0.3, -0.25) is 0 Å². The van der Waals surface area contributed by atoms with Gasteiger partial charge in [0, 0.05) is 0 Å². The lowest BCUT2D eigenvalue weighted by Crippen LogP contribution is -2.00. The molecule has 0 fully saturated rings. The Labute approximate surface area is 85.0 Å². The lowest BCUT2D eigenvalue weighted by Gasteiger charge is -2.10. The van der Waals surface area contributed by atoms with Crippen LogP contribution in [-0.4, -0.2) is 13.0 Å². The smallest absolute Gasteiger partial charge is 0.125 e. The van der Waals surface area contributed by atoms with Gasteiger partial charge in [0.2, 0.25) is 0 Å². The molecule has 0 aliphatic heterocycles. The maximum atomic E-state index is 10.6. The molecule has 1 rings (SSSR count). The summed E-state index contributed by atoms with van der Waals surface area (Å²) in [7, 11) is -4.59. The molecular weight excluding hydrogens is 237 g/mol. The van der Waals surface area contributed by atoms with Gasteiger partial charge in [0.1, 0.15) is 10.1 Å². The first-order valence-corrected chi connectivity index (χ1v) is 5.19. The van der Waals surface area contributed by atoms with Crippen LogP contribution in [0.25, 0.3) is 0 Å². The first kappa shape index (κ1) is 10.6. The second-order valence-electron chi connectivity index (χ2n) is 2.26. The molecule has 13 heavy (non-hydrogen) atoms. The van der Waals surface area contributed by atoms with Crippen molar-refractivity contribution in [2.75, 3.05) is 5.73 Å². The van der Waals surface area contributed by atoms with E-state index in [0.29, 0.717) is 0 Å². The van der Waals surface area contributed by atoms with Crippen LogP contribution in [0.1, 0.15) is 0 Å². The fraction of sp³-hybridized carbons (Fsp3) is 0. The van der Waals surface area contributed by atoms with E-state index in [9.17, 15) is 13.0 Å². The van der Waals surface area contributed by atoms with Crippen molar-refractivity contribution in [3.05, 3.63) is 22.2 Å². The van der Waals surface area contributed by atoms with Gasteiger partial charge in [-0.1, -0.05) is 23.2 Å². The fourth-order valence-corrected chi connectivity index (χ4v) is 1.98. The summed E-state index contributed by atoms with van der Waals surface area (Å²) < 4.78 is 31.7. The molecule has 4 nitrogen and oxygen atoms in total. The average molecular weight is 241 g/mol. The van der Waals surface area contributed by atoms with Crippen LogP contribution in [-0.2, 0) is 10.1 Å². The zero-order valence-corrected chi connectivity index (χ0v) is 8.45. The van der Waals surface area contributed by atoms with Gasteiger partial charge in [-0.25, -0.2) is 8.42 Å². The molecule has 0 heterocycles. The van der Waals surface area contributed by atoms with Crippen LogP contribution < -0.4 is 5.73 Å². The van der Waals surface area contributed by atoms with Gasteiger partial charge in [-0.2, -0.15) is 0 Å². The predicted molar refractivity (Wildman–Crippen MR) is 48.8 cm³/mol. The summed E-state index contributed by atoms with van der Waals surface area (Å²) >= 11 is 11.0. The predicted octanol–water partition coefficient (Wildman–Crippen LogP) is 1.48. The molecule has 1 aromatic rings. The van der Waals surface area contributed by atoms with E-state index in [1.807, 2.05) is 0 Å². The number of anilines is 1. The molecule has 0 bridgehead atoms. The first-order chi connectivity index (χ1) is 5.82. The van der Waals surface area contributed by atoms with Crippen molar-refractivity contribution in [2.45, 2.75) is 4.90 Å². The van der Waals surface area contributed by atoms with Gasteiger partial charge < -0.3 is 10.3 Å². The molecule has 0 aromatic heterocycles. The summed E-state index contributed by atoms with van der Waals surface area (Å²) in [4.78, 5) is -0.562. The van der Waals surface area contributed by atoms with E-state index < -0.39 is 15.0 Å². The van der Waals surface area contributed by atoms with Crippen LogP contribution in [0.2, 0.25) is 10.0 Å². The molecule has 7 heteroatoms. The molecule has 0 radical (unpaired) electrons. The summed E-state index contributed by atoms with van der Waals surface area (Å²) in [5.74, 6) is 0. The lowest BCUT2D eigenvalue weighted by molar-refractivity contribution is 0.463.